The molecule has 1 aromatic heterocycles. The zero-order chi connectivity index (χ0) is 18.2. The van der Waals surface area contributed by atoms with Crippen LogP contribution in [0, 0.1) is 6.92 Å². The molecule has 8 heteroatoms. The van der Waals surface area contributed by atoms with Crippen molar-refractivity contribution in [2.24, 2.45) is 0 Å². The zero-order valence-electron chi connectivity index (χ0n) is 14.7. The average molecular weight is 361 g/mol. The van der Waals surface area contributed by atoms with Crippen LogP contribution < -0.4 is 10.6 Å². The van der Waals surface area contributed by atoms with E-state index in [1.807, 2.05) is 55.7 Å². The van der Waals surface area contributed by atoms with E-state index in [0.29, 0.717) is 11.7 Å². The number of nitrogens with one attached hydrogen (secondary N) is 2. The second-order valence-electron chi connectivity index (χ2n) is 5.72. The summed E-state index contributed by atoms with van der Waals surface area (Å²) in [6.07, 6.45) is 0.804. The van der Waals surface area contributed by atoms with Gasteiger partial charge in [-0.05, 0) is 25.8 Å². The van der Waals surface area contributed by atoms with Gasteiger partial charge in [0.05, 0.1) is 12.3 Å². The quantitative estimate of drug-likeness (QED) is 0.739. The van der Waals surface area contributed by atoms with Crippen LogP contribution in [0.3, 0.4) is 0 Å². The number of benzene rings is 1. The molecule has 0 bridgehead atoms. The number of aromatic nitrogens is 3. The van der Waals surface area contributed by atoms with Crippen LogP contribution in [0.5, 0.6) is 0 Å². The van der Waals surface area contributed by atoms with Crippen molar-refractivity contribution >= 4 is 23.7 Å². The number of hydrogen-bond acceptors (Lipinski definition) is 5. The summed E-state index contributed by atoms with van der Waals surface area (Å²) in [5, 5.41) is 13.9. The molecule has 0 aliphatic carbocycles. The van der Waals surface area contributed by atoms with Gasteiger partial charge < -0.3 is 9.88 Å². The minimum absolute atomic E-state index is 0.0251. The Morgan fingerprint density at radius 1 is 1.24 bits per heavy atom. The normalized spacial score (nSPS) is 11.8. The van der Waals surface area contributed by atoms with Gasteiger partial charge in [-0.15, -0.1) is 10.2 Å². The molecule has 25 heavy (non-hydrogen) atoms. The SMILES string of the molecule is CC[C@H](C)NC(=O)NC(=O)CSc1nnc(C)n1Cc1ccccc1. The number of carbonyl (C=O) groups is 2. The Morgan fingerprint density at radius 3 is 2.64 bits per heavy atom. The van der Waals surface area contributed by atoms with E-state index < -0.39 is 6.03 Å². The Bertz CT molecular complexity index is 717. The minimum atomic E-state index is -0.470. The van der Waals surface area contributed by atoms with Gasteiger partial charge in [0, 0.05) is 6.04 Å². The van der Waals surface area contributed by atoms with E-state index in [4.69, 9.17) is 0 Å². The molecule has 134 valence electrons. The number of amides is 3. The first-order valence-corrected chi connectivity index (χ1v) is 9.15. The number of imide groups is 1. The van der Waals surface area contributed by atoms with Gasteiger partial charge in [-0.2, -0.15) is 0 Å². The monoisotopic (exact) mass is 361 g/mol. The van der Waals surface area contributed by atoms with Crippen molar-refractivity contribution in [3.05, 3.63) is 41.7 Å². The molecule has 1 aromatic carbocycles. The van der Waals surface area contributed by atoms with Gasteiger partial charge in [0.25, 0.3) is 0 Å². The summed E-state index contributed by atoms with van der Waals surface area (Å²) in [6, 6.07) is 9.53. The third-order valence-corrected chi connectivity index (χ3v) is 4.63. The van der Waals surface area contributed by atoms with Crippen LogP contribution in [0.15, 0.2) is 35.5 Å². The molecule has 3 amide bonds. The standard InChI is InChI=1S/C17H23N5O2S/c1-4-12(2)18-16(24)19-15(23)11-25-17-21-20-13(3)22(17)10-14-8-6-5-7-9-14/h5-9,12H,4,10-11H2,1-3H3,(H2,18,19,23,24)/t12-/m0/s1. The molecule has 1 atom stereocenters. The number of carbonyl (C=O) groups excluding carboxylic acids is 2. The molecule has 0 aliphatic heterocycles. The molecule has 0 unspecified atom stereocenters. The van der Waals surface area contributed by atoms with Crippen molar-refractivity contribution in [1.29, 1.82) is 0 Å². The minimum Gasteiger partial charge on any atom is -0.335 e. The fourth-order valence-corrected chi connectivity index (χ4v) is 2.85. The highest BCUT2D eigenvalue weighted by Gasteiger charge is 2.14. The summed E-state index contributed by atoms with van der Waals surface area (Å²) in [6.45, 7) is 6.36. The summed E-state index contributed by atoms with van der Waals surface area (Å²) >= 11 is 1.26. The number of urea groups is 1. The van der Waals surface area contributed by atoms with Gasteiger partial charge in [0.2, 0.25) is 5.91 Å². The van der Waals surface area contributed by atoms with Crippen molar-refractivity contribution < 1.29 is 9.59 Å². The van der Waals surface area contributed by atoms with Crippen LogP contribution in [0.1, 0.15) is 31.7 Å². The van der Waals surface area contributed by atoms with E-state index in [-0.39, 0.29) is 17.7 Å². The molecule has 0 radical (unpaired) electrons. The third kappa shape index (κ3) is 5.90. The number of hydrogen-bond donors (Lipinski definition) is 2. The van der Waals surface area contributed by atoms with Gasteiger partial charge >= 0.3 is 6.03 Å². The Hall–Kier alpha value is -2.35. The molecule has 0 spiro atoms. The fraction of sp³-hybridized carbons (Fsp3) is 0.412. The van der Waals surface area contributed by atoms with Crippen molar-refractivity contribution in [3.8, 4) is 0 Å². The maximum atomic E-state index is 11.9. The number of aryl methyl sites for hydroxylation is 1. The van der Waals surface area contributed by atoms with E-state index in [0.717, 1.165) is 17.8 Å². The molecule has 2 rings (SSSR count). The maximum Gasteiger partial charge on any atom is 0.321 e. The molecule has 0 saturated carbocycles. The lowest BCUT2D eigenvalue weighted by Crippen LogP contribution is -2.43. The smallest absolute Gasteiger partial charge is 0.321 e. The molecular formula is C17H23N5O2S. The first-order valence-electron chi connectivity index (χ1n) is 8.16. The van der Waals surface area contributed by atoms with Crippen LogP contribution in [0.4, 0.5) is 4.79 Å². The van der Waals surface area contributed by atoms with Crippen LogP contribution >= 0.6 is 11.8 Å². The molecule has 0 aliphatic rings. The summed E-state index contributed by atoms with van der Waals surface area (Å²) in [7, 11) is 0. The van der Waals surface area contributed by atoms with Crippen molar-refractivity contribution in [2.75, 3.05) is 5.75 Å². The van der Waals surface area contributed by atoms with Crippen molar-refractivity contribution in [2.45, 2.75) is 44.9 Å². The first kappa shape index (κ1) is 19.0. The van der Waals surface area contributed by atoms with Gasteiger partial charge in [0.15, 0.2) is 5.16 Å². The van der Waals surface area contributed by atoms with Crippen LogP contribution in [0.25, 0.3) is 0 Å². The van der Waals surface area contributed by atoms with E-state index >= 15 is 0 Å². The highest BCUT2D eigenvalue weighted by molar-refractivity contribution is 7.99. The van der Waals surface area contributed by atoms with E-state index in [1.54, 1.807) is 0 Å². The summed E-state index contributed by atoms with van der Waals surface area (Å²) in [4.78, 5) is 23.6. The second kappa shape index (κ2) is 9.22. The molecular weight excluding hydrogens is 338 g/mol. The maximum absolute atomic E-state index is 11.9. The van der Waals surface area contributed by atoms with Gasteiger partial charge in [0.1, 0.15) is 5.82 Å². The molecule has 0 fully saturated rings. The Labute approximate surface area is 151 Å². The molecule has 0 saturated heterocycles. The number of nitrogens with zero attached hydrogens (tertiary/aromatic N) is 3. The lowest BCUT2D eigenvalue weighted by molar-refractivity contribution is -0.117. The Balaban J connectivity index is 1.91. The van der Waals surface area contributed by atoms with Gasteiger partial charge in [-0.1, -0.05) is 49.0 Å². The van der Waals surface area contributed by atoms with E-state index in [9.17, 15) is 9.59 Å². The van der Waals surface area contributed by atoms with Crippen LogP contribution in [-0.4, -0.2) is 38.5 Å². The number of thioether (sulfide) groups is 1. The molecule has 1 heterocycles. The average Bonchev–Trinajstić information content (AvgIpc) is 2.94. The topological polar surface area (TPSA) is 88.9 Å². The summed E-state index contributed by atoms with van der Waals surface area (Å²) in [5.41, 5.74) is 1.13. The fourth-order valence-electron chi connectivity index (χ4n) is 2.07. The third-order valence-electron chi connectivity index (χ3n) is 3.66. The molecule has 2 N–H and O–H groups in total. The summed E-state index contributed by atoms with van der Waals surface area (Å²) < 4.78 is 1.95. The van der Waals surface area contributed by atoms with Crippen LogP contribution in [0.2, 0.25) is 0 Å². The summed E-state index contributed by atoms with van der Waals surface area (Å²) in [5.74, 6) is 0.514. The predicted octanol–water partition coefficient (Wildman–Crippen LogP) is 2.35. The largest absolute Gasteiger partial charge is 0.335 e. The van der Waals surface area contributed by atoms with Crippen molar-refractivity contribution in [1.82, 2.24) is 25.4 Å². The molecule has 7 nitrogen and oxygen atoms in total. The van der Waals surface area contributed by atoms with Gasteiger partial charge in [-0.25, -0.2) is 4.79 Å². The lowest BCUT2D eigenvalue weighted by Gasteiger charge is -2.12. The van der Waals surface area contributed by atoms with E-state index in [1.165, 1.54) is 11.8 Å². The Kier molecular flexibility index (Phi) is 7.00. The van der Waals surface area contributed by atoms with Crippen LogP contribution in [-0.2, 0) is 11.3 Å². The Morgan fingerprint density at radius 2 is 1.96 bits per heavy atom. The highest BCUT2D eigenvalue weighted by atomic mass is 32.2. The predicted molar refractivity (Wildman–Crippen MR) is 97.5 cm³/mol. The second-order valence-corrected chi connectivity index (χ2v) is 6.66. The lowest BCUT2D eigenvalue weighted by atomic mass is 10.2. The first-order chi connectivity index (χ1) is 12.0. The molecule has 2 aromatic rings. The van der Waals surface area contributed by atoms with Gasteiger partial charge in [-0.3, -0.25) is 10.1 Å². The highest BCUT2D eigenvalue weighted by Crippen LogP contribution is 2.18. The number of rotatable bonds is 7. The van der Waals surface area contributed by atoms with Crippen molar-refractivity contribution in [3.63, 3.8) is 0 Å². The zero-order valence-corrected chi connectivity index (χ0v) is 15.5. The van der Waals surface area contributed by atoms with E-state index in [2.05, 4.69) is 20.8 Å².